The normalized spacial score (nSPS) is 23.4. The van der Waals surface area contributed by atoms with Gasteiger partial charge in [-0.2, -0.15) is 9.97 Å². The molecule has 8 aliphatic rings. The Morgan fingerprint density at radius 3 is 1.46 bits per heavy atom. The zero-order valence-corrected chi connectivity index (χ0v) is 65.8. The molecule has 0 spiro atoms. The van der Waals surface area contributed by atoms with Crippen LogP contribution in [0.15, 0.2) is 98.1 Å². The number of hydrogen-bond donors (Lipinski definition) is 8. The molecule has 14 rings (SSSR count). The maximum Gasteiger partial charge on any atom is 0.326 e. The number of pyridine rings is 2. The highest BCUT2D eigenvalue weighted by Crippen LogP contribution is 2.49. The van der Waals surface area contributed by atoms with E-state index in [1.807, 2.05) is 48.2 Å². The van der Waals surface area contributed by atoms with Crippen molar-refractivity contribution in [3.8, 4) is 34.8 Å². The van der Waals surface area contributed by atoms with Crippen molar-refractivity contribution in [3.63, 3.8) is 0 Å². The summed E-state index contributed by atoms with van der Waals surface area (Å²) in [7, 11) is -0.695. The SMILES string of the molecule is C=C[C@@H]1C[C@]1(NC(=O)[C@@H]1C[C@@H](Oc2nc3c(c4cc(OC)ccc24)OCCN3C)CN1)C(=O)NS(=O)(=O)C1CC1.C=C[C@@H]1C[C@]1(NC(=O)[C@@H]1C[C@@H](Oc2nc3c(c4cc(OC)ccc24)OCCN3C)CN1C(=O)C(Nc1ccc(F)c(F)c1)C(C)(C)C)C(=O)NS(=O)(=O)C1CC1.CC(C)(C)C(Nc1ccc(F)c(F)c1)C(=O)O. The average Bonchev–Trinajstić information content (AvgIpc) is 1.60. The van der Waals surface area contributed by atoms with Gasteiger partial charge in [-0.25, -0.2) is 39.2 Å². The van der Waals surface area contributed by atoms with Crippen LogP contribution in [0.3, 0.4) is 0 Å². The first-order chi connectivity index (χ1) is 53.3. The molecule has 4 aromatic carbocycles. The van der Waals surface area contributed by atoms with Crippen LogP contribution in [0.5, 0.6) is 34.8 Å². The molecule has 29 nitrogen and oxygen atoms in total. The average molecular weight is 1610 g/mol. The number of carboxylic acid groups (broad SMARTS) is 1. The minimum absolute atomic E-state index is 0.0286. The van der Waals surface area contributed by atoms with Crippen LogP contribution in [0.2, 0.25) is 0 Å². The fraction of sp³-hybridized carbons (Fsp3) is 0.487. The molecule has 2 saturated heterocycles. The van der Waals surface area contributed by atoms with E-state index in [2.05, 4.69) is 49.2 Å². The number of amides is 5. The first-order valence-electron chi connectivity index (χ1n) is 37.1. The number of carboxylic acids is 1. The van der Waals surface area contributed by atoms with E-state index < -0.39 is 147 Å². The van der Waals surface area contributed by atoms with Gasteiger partial charge in [0.25, 0.3) is 11.8 Å². The lowest BCUT2D eigenvalue weighted by molar-refractivity contribution is -0.141. The van der Waals surface area contributed by atoms with Crippen LogP contribution in [-0.2, 0) is 48.8 Å². The molecule has 4 aliphatic heterocycles. The van der Waals surface area contributed by atoms with E-state index in [1.165, 1.54) is 23.1 Å². The molecule has 4 aliphatic carbocycles. The van der Waals surface area contributed by atoms with Crippen molar-refractivity contribution < 1.29 is 96.7 Å². The van der Waals surface area contributed by atoms with Gasteiger partial charge in [-0.05, 0) is 110 Å². The molecule has 0 bridgehead atoms. The fourth-order valence-corrected chi connectivity index (χ4v) is 16.9. The lowest BCUT2D eigenvalue weighted by Gasteiger charge is -2.36. The lowest BCUT2D eigenvalue weighted by atomic mass is 9.85. The Morgan fingerprint density at radius 1 is 0.611 bits per heavy atom. The van der Waals surface area contributed by atoms with Gasteiger partial charge in [0.15, 0.2) is 46.4 Å². The number of carbonyl (C=O) groups is 6. The molecule has 113 heavy (non-hydrogen) atoms. The minimum atomic E-state index is -3.94. The number of likely N-dealkylation sites (N-methyl/N-ethyl adjacent to an activating group) is 2. The Bertz CT molecular complexity index is 5010. The standard InChI is InChI=1S/C39H46F2N6O8S.C27H33N5O7S.C12H15F2NO2/c1-7-21-19-39(21,37(50)45-56(51,52)25-10-11-25)44-34(48)30-18-24(20-47(30)36(49)32(38(2,3)4)42-22-8-13-28(40)29(41)16-22)55-35-26-12-9-23(53-6)17-27(26)31-33(43-35)46(5)14-15-54-31;1-4-15-13-27(15,26(34)31-40(35,36)18-6-7-18)30-24(33)21-12-17(14-28-21)39-25-19-8-5-16(37-3)11-20(19)22-23(29-25)32(2)9-10-38-22;1-12(2,3)10(11(16)17)15-7-4-5-8(13)9(14)6-7/h7-9,12-13,16-17,21,24-25,30,32,42H,1,10-11,14-15,18-20H2,2-6H3,(H,44,48)(H,45,50);4-5,8,11,15,17-18,21,28H,1,6-7,9-10,12-14H2,2-3H3,(H,30,33)(H,31,34);4-6,10,15H,1-3H3,(H,16,17)/t21-,24-,30+,32?,39-;15-,17-,21+,27-;/m11./s1. The molecule has 6 heterocycles. The van der Waals surface area contributed by atoms with Gasteiger partial charge in [0.05, 0.1) is 50.4 Å². The first-order valence-corrected chi connectivity index (χ1v) is 40.2. The van der Waals surface area contributed by atoms with Gasteiger partial charge in [0.2, 0.25) is 49.5 Å². The lowest BCUT2D eigenvalue weighted by Crippen LogP contribution is -2.58. The largest absolute Gasteiger partial charge is 0.497 e. The van der Waals surface area contributed by atoms with Crippen LogP contribution in [-0.4, -0.2) is 198 Å². The number of nitrogens with one attached hydrogen (secondary N) is 7. The second-order valence-corrected chi connectivity index (χ2v) is 35.7. The van der Waals surface area contributed by atoms with Crippen molar-refractivity contribution in [1.82, 2.24) is 40.3 Å². The van der Waals surface area contributed by atoms with Crippen LogP contribution in [0.1, 0.15) is 92.9 Å². The number of rotatable bonds is 24. The van der Waals surface area contributed by atoms with Gasteiger partial charge >= 0.3 is 5.97 Å². The molecule has 6 fully saturated rings. The Morgan fingerprint density at radius 2 is 1.05 bits per heavy atom. The quantitative estimate of drug-likeness (QED) is 0.0213. The molecule has 6 aromatic rings. The number of nitrogens with zero attached hydrogens (tertiary/aromatic N) is 5. The third-order valence-electron chi connectivity index (χ3n) is 21.3. The molecule has 0 radical (unpaired) electrons. The number of carbonyl (C=O) groups excluding carboxylic acids is 5. The molecule has 608 valence electrons. The van der Waals surface area contributed by atoms with Crippen molar-refractivity contribution in [3.05, 3.63) is 121 Å². The first kappa shape index (κ1) is 82.0. The molecular weight excluding hydrogens is 1520 g/mol. The summed E-state index contributed by atoms with van der Waals surface area (Å²) in [4.78, 5) is 94.9. The second kappa shape index (κ2) is 31.9. The Kier molecular flexibility index (Phi) is 23.1. The minimum Gasteiger partial charge on any atom is -0.497 e. The van der Waals surface area contributed by atoms with E-state index in [9.17, 15) is 63.2 Å². The molecule has 2 aromatic heterocycles. The number of aliphatic carboxylic acids is 1. The number of ether oxygens (including phenoxy) is 6. The highest BCUT2D eigenvalue weighted by Gasteiger charge is 2.63. The van der Waals surface area contributed by atoms with E-state index >= 15 is 0 Å². The monoisotopic (exact) mass is 1610 g/mol. The predicted octanol–water partition coefficient (Wildman–Crippen LogP) is 7.62. The second-order valence-electron chi connectivity index (χ2n) is 31.8. The van der Waals surface area contributed by atoms with Crippen molar-refractivity contribution in [2.75, 3.05) is 88.1 Å². The number of sulfonamides is 2. The van der Waals surface area contributed by atoms with Crippen molar-refractivity contribution in [2.45, 2.75) is 151 Å². The van der Waals surface area contributed by atoms with E-state index in [0.717, 1.165) is 35.0 Å². The number of fused-ring (bicyclic) bond motifs is 6. The van der Waals surface area contributed by atoms with Crippen LogP contribution >= 0.6 is 0 Å². The molecule has 8 N–H and O–H groups in total. The summed E-state index contributed by atoms with van der Waals surface area (Å²) in [6.45, 7) is 20.7. The number of benzene rings is 4. The highest BCUT2D eigenvalue weighted by molar-refractivity contribution is 7.91. The summed E-state index contributed by atoms with van der Waals surface area (Å²) in [5.41, 5.74) is -3.88. The van der Waals surface area contributed by atoms with Gasteiger partial charge in [0, 0.05) is 90.4 Å². The number of hydrogen-bond acceptors (Lipinski definition) is 23. The molecule has 4 saturated carbocycles. The Labute approximate surface area is 651 Å². The van der Waals surface area contributed by atoms with Crippen LogP contribution in [0.25, 0.3) is 21.5 Å². The van der Waals surface area contributed by atoms with Crippen LogP contribution in [0, 0.1) is 45.9 Å². The zero-order valence-electron chi connectivity index (χ0n) is 64.2. The van der Waals surface area contributed by atoms with Crippen molar-refractivity contribution in [1.29, 1.82) is 0 Å². The maximum atomic E-state index is 14.7. The summed E-state index contributed by atoms with van der Waals surface area (Å²) in [6, 6.07) is 13.6. The third-order valence-corrected chi connectivity index (χ3v) is 24.9. The molecule has 35 heteroatoms. The van der Waals surface area contributed by atoms with Gasteiger partial charge in [0.1, 0.15) is 66.1 Å². The Balaban J connectivity index is 0.000000179. The van der Waals surface area contributed by atoms with E-state index in [1.54, 1.807) is 74.0 Å². The van der Waals surface area contributed by atoms with E-state index in [0.29, 0.717) is 123 Å². The molecule has 10 atom stereocenters. The smallest absolute Gasteiger partial charge is 0.326 e. The number of halogens is 4. The highest BCUT2D eigenvalue weighted by atomic mass is 32.2. The van der Waals surface area contributed by atoms with Crippen LogP contribution in [0.4, 0.5) is 40.6 Å². The van der Waals surface area contributed by atoms with Gasteiger partial charge in [-0.1, -0.05) is 53.7 Å². The summed E-state index contributed by atoms with van der Waals surface area (Å²) >= 11 is 0. The van der Waals surface area contributed by atoms with Gasteiger partial charge < -0.3 is 74.8 Å². The van der Waals surface area contributed by atoms with Crippen molar-refractivity contribution in [2.24, 2.45) is 22.7 Å². The maximum absolute atomic E-state index is 14.7. The van der Waals surface area contributed by atoms with E-state index in [-0.39, 0.29) is 48.7 Å². The summed E-state index contributed by atoms with van der Waals surface area (Å²) in [6.07, 6.45) is 4.55. The molecular formula is C78H94F4N12O17S2. The number of methoxy groups -OCH3 is 2. The summed E-state index contributed by atoms with van der Waals surface area (Å²) < 4.78 is 144. The Hall–Kier alpha value is -10.4. The number of likely N-dealkylation sites (tertiary alicyclic amines) is 1. The molecule has 2 unspecified atom stereocenters. The summed E-state index contributed by atoms with van der Waals surface area (Å²) in [5, 5.41) is 25.2. The number of anilines is 4. The van der Waals surface area contributed by atoms with Crippen molar-refractivity contribution >= 4 is 100 Å². The van der Waals surface area contributed by atoms with Crippen LogP contribution < -0.4 is 74.2 Å². The van der Waals surface area contributed by atoms with Gasteiger partial charge in [-0.3, -0.25) is 33.4 Å². The van der Waals surface area contributed by atoms with Gasteiger partial charge in [-0.15, -0.1) is 13.2 Å². The van der Waals surface area contributed by atoms with E-state index in [4.69, 9.17) is 43.5 Å². The predicted molar refractivity (Wildman–Crippen MR) is 412 cm³/mol. The topological polar surface area (TPSA) is 366 Å². The zero-order chi connectivity index (χ0) is 81.8. The fourth-order valence-electron chi connectivity index (χ4n) is 14.2. The third kappa shape index (κ3) is 17.7. The summed E-state index contributed by atoms with van der Waals surface area (Å²) in [5.74, 6) is -4.91. The molecule has 5 amide bonds. The number of aromatic nitrogens is 2.